The molecule has 25 heavy (non-hydrogen) atoms. The summed E-state index contributed by atoms with van der Waals surface area (Å²) in [6, 6.07) is 11.4. The third-order valence-electron chi connectivity index (χ3n) is 4.33. The molecule has 3 aromatic rings. The molecule has 1 N–H and O–H groups in total. The fraction of sp³-hybridized carbons (Fsp3) is 0.316. The standard InChI is InChI=1S/C19H22N2O4/c1-21-14-8-6-5-7-13(14)20-18(21)11-15(22)12-9-16(23-2)19(25-4)17(10-12)24-3/h5-10,15,22H,11H2,1-4H3/t15-/m0/s1. The first-order valence-electron chi connectivity index (χ1n) is 7.97. The number of aromatic nitrogens is 2. The fourth-order valence-electron chi connectivity index (χ4n) is 2.96. The number of aliphatic hydroxyl groups excluding tert-OH is 1. The molecule has 0 fully saturated rings. The van der Waals surface area contributed by atoms with Crippen molar-refractivity contribution in [3.63, 3.8) is 0 Å². The molecule has 6 heteroatoms. The van der Waals surface area contributed by atoms with E-state index in [4.69, 9.17) is 14.2 Å². The van der Waals surface area contributed by atoms with Crippen molar-refractivity contribution in [2.45, 2.75) is 12.5 Å². The van der Waals surface area contributed by atoms with Gasteiger partial charge in [0.15, 0.2) is 11.5 Å². The summed E-state index contributed by atoms with van der Waals surface area (Å²) in [6.07, 6.45) is -0.367. The van der Waals surface area contributed by atoms with E-state index in [1.54, 1.807) is 33.5 Å². The average molecular weight is 342 g/mol. The van der Waals surface area contributed by atoms with Gasteiger partial charge in [-0.15, -0.1) is 0 Å². The van der Waals surface area contributed by atoms with E-state index in [1.165, 1.54) is 0 Å². The predicted octanol–water partition coefficient (Wildman–Crippen LogP) is 2.88. The summed E-state index contributed by atoms with van der Waals surface area (Å²) in [4.78, 5) is 4.61. The fourth-order valence-corrected chi connectivity index (χ4v) is 2.96. The summed E-state index contributed by atoms with van der Waals surface area (Å²) in [5.74, 6) is 2.34. The Kier molecular flexibility index (Phi) is 4.81. The Labute approximate surface area is 146 Å². The molecule has 0 aliphatic heterocycles. The first-order valence-corrected chi connectivity index (χ1v) is 7.97. The number of hydrogen-bond acceptors (Lipinski definition) is 5. The Balaban J connectivity index is 1.94. The highest BCUT2D eigenvalue weighted by molar-refractivity contribution is 5.75. The number of aliphatic hydroxyl groups is 1. The van der Waals surface area contributed by atoms with Crippen LogP contribution in [0.15, 0.2) is 36.4 Å². The molecule has 132 valence electrons. The lowest BCUT2D eigenvalue weighted by atomic mass is 10.0. The van der Waals surface area contributed by atoms with Gasteiger partial charge in [-0.1, -0.05) is 12.1 Å². The van der Waals surface area contributed by atoms with Gasteiger partial charge < -0.3 is 23.9 Å². The number of aryl methyl sites for hydroxylation is 1. The Morgan fingerprint density at radius 3 is 2.24 bits per heavy atom. The van der Waals surface area contributed by atoms with Crippen LogP contribution in [-0.2, 0) is 13.5 Å². The zero-order chi connectivity index (χ0) is 18.0. The third-order valence-corrected chi connectivity index (χ3v) is 4.33. The van der Waals surface area contributed by atoms with E-state index in [0.717, 1.165) is 16.9 Å². The quantitative estimate of drug-likeness (QED) is 0.746. The second-order valence-corrected chi connectivity index (χ2v) is 5.75. The van der Waals surface area contributed by atoms with Crippen LogP contribution >= 0.6 is 0 Å². The van der Waals surface area contributed by atoms with Gasteiger partial charge in [0.05, 0.1) is 38.5 Å². The van der Waals surface area contributed by atoms with Gasteiger partial charge in [-0.25, -0.2) is 4.98 Å². The van der Waals surface area contributed by atoms with Crippen LogP contribution in [-0.4, -0.2) is 36.0 Å². The van der Waals surface area contributed by atoms with Crippen LogP contribution in [0.5, 0.6) is 17.2 Å². The van der Waals surface area contributed by atoms with E-state index in [2.05, 4.69) is 4.98 Å². The van der Waals surface area contributed by atoms with Crippen molar-refractivity contribution >= 4 is 11.0 Å². The number of benzene rings is 2. The van der Waals surface area contributed by atoms with Crippen LogP contribution in [0, 0.1) is 0 Å². The normalized spacial score (nSPS) is 12.2. The summed E-state index contributed by atoms with van der Waals surface area (Å²) < 4.78 is 18.0. The molecule has 0 aliphatic rings. The molecule has 2 aromatic carbocycles. The molecule has 0 spiro atoms. The lowest BCUT2D eigenvalue weighted by Crippen LogP contribution is -2.08. The van der Waals surface area contributed by atoms with E-state index in [1.807, 2.05) is 35.9 Å². The van der Waals surface area contributed by atoms with Gasteiger partial charge in [-0.3, -0.25) is 0 Å². The maximum atomic E-state index is 10.7. The number of hydrogen-bond donors (Lipinski definition) is 1. The Hall–Kier alpha value is -2.73. The molecule has 0 saturated heterocycles. The zero-order valence-electron chi connectivity index (χ0n) is 14.8. The highest BCUT2D eigenvalue weighted by Gasteiger charge is 2.19. The van der Waals surface area contributed by atoms with Crippen LogP contribution in [0.3, 0.4) is 0 Å². The van der Waals surface area contributed by atoms with Crippen molar-refractivity contribution in [1.82, 2.24) is 9.55 Å². The minimum Gasteiger partial charge on any atom is -0.493 e. The van der Waals surface area contributed by atoms with E-state index in [-0.39, 0.29) is 0 Å². The number of rotatable bonds is 6. The molecule has 6 nitrogen and oxygen atoms in total. The predicted molar refractivity (Wildman–Crippen MR) is 95.5 cm³/mol. The molecule has 0 unspecified atom stereocenters. The van der Waals surface area contributed by atoms with E-state index in [9.17, 15) is 5.11 Å². The van der Waals surface area contributed by atoms with E-state index >= 15 is 0 Å². The minimum absolute atomic E-state index is 0.379. The molecule has 1 aromatic heterocycles. The summed E-state index contributed by atoms with van der Waals surface area (Å²) in [7, 11) is 6.61. The lowest BCUT2D eigenvalue weighted by Gasteiger charge is -2.17. The van der Waals surface area contributed by atoms with Crippen LogP contribution in [0.4, 0.5) is 0 Å². The van der Waals surface area contributed by atoms with Crippen molar-refractivity contribution in [2.24, 2.45) is 7.05 Å². The van der Waals surface area contributed by atoms with Gasteiger partial charge in [-0.2, -0.15) is 0 Å². The molecule has 1 heterocycles. The molecule has 0 aliphatic carbocycles. The summed E-state index contributed by atoms with van der Waals surface area (Å²) in [6.45, 7) is 0. The maximum absolute atomic E-state index is 10.7. The number of imidazole rings is 1. The topological polar surface area (TPSA) is 65.7 Å². The Morgan fingerprint density at radius 2 is 1.68 bits per heavy atom. The molecule has 1 atom stereocenters. The van der Waals surface area contributed by atoms with Gasteiger partial charge in [0.25, 0.3) is 0 Å². The SMILES string of the molecule is COc1cc([C@@H](O)Cc2nc3ccccc3n2C)cc(OC)c1OC. The number of nitrogens with zero attached hydrogens (tertiary/aromatic N) is 2. The maximum Gasteiger partial charge on any atom is 0.203 e. The van der Waals surface area contributed by atoms with Gasteiger partial charge in [-0.05, 0) is 29.8 Å². The van der Waals surface area contributed by atoms with Crippen molar-refractivity contribution in [3.05, 3.63) is 47.8 Å². The number of fused-ring (bicyclic) bond motifs is 1. The largest absolute Gasteiger partial charge is 0.493 e. The second-order valence-electron chi connectivity index (χ2n) is 5.75. The van der Waals surface area contributed by atoms with Crippen molar-refractivity contribution in [3.8, 4) is 17.2 Å². The van der Waals surface area contributed by atoms with E-state index < -0.39 is 6.10 Å². The summed E-state index contributed by atoms with van der Waals surface area (Å²) >= 11 is 0. The smallest absolute Gasteiger partial charge is 0.203 e. The van der Waals surface area contributed by atoms with Gasteiger partial charge in [0, 0.05) is 13.5 Å². The van der Waals surface area contributed by atoms with Crippen molar-refractivity contribution < 1.29 is 19.3 Å². The second kappa shape index (κ2) is 7.03. The first-order chi connectivity index (χ1) is 12.1. The minimum atomic E-state index is -0.746. The van der Waals surface area contributed by atoms with Crippen LogP contribution in [0.2, 0.25) is 0 Å². The van der Waals surface area contributed by atoms with E-state index in [0.29, 0.717) is 29.2 Å². The van der Waals surface area contributed by atoms with Gasteiger partial charge in [0.2, 0.25) is 5.75 Å². The zero-order valence-corrected chi connectivity index (χ0v) is 14.8. The number of para-hydroxylation sites is 2. The number of methoxy groups -OCH3 is 3. The van der Waals surface area contributed by atoms with Gasteiger partial charge >= 0.3 is 0 Å². The van der Waals surface area contributed by atoms with Crippen LogP contribution in [0.25, 0.3) is 11.0 Å². The molecule has 0 saturated carbocycles. The van der Waals surface area contributed by atoms with Crippen molar-refractivity contribution in [1.29, 1.82) is 0 Å². The molecular formula is C19H22N2O4. The third kappa shape index (κ3) is 3.13. The number of ether oxygens (including phenoxy) is 3. The van der Waals surface area contributed by atoms with Crippen molar-refractivity contribution in [2.75, 3.05) is 21.3 Å². The molecular weight excluding hydrogens is 320 g/mol. The first kappa shape index (κ1) is 17.1. The Morgan fingerprint density at radius 1 is 1.04 bits per heavy atom. The molecule has 0 bridgehead atoms. The monoisotopic (exact) mass is 342 g/mol. The molecule has 3 rings (SSSR count). The average Bonchev–Trinajstić information content (AvgIpc) is 2.96. The summed E-state index contributed by atoms with van der Waals surface area (Å²) in [5, 5.41) is 10.7. The summed E-state index contributed by atoms with van der Waals surface area (Å²) in [5.41, 5.74) is 2.63. The molecule has 0 amide bonds. The lowest BCUT2D eigenvalue weighted by molar-refractivity contribution is 0.174. The van der Waals surface area contributed by atoms with Crippen LogP contribution in [0.1, 0.15) is 17.5 Å². The van der Waals surface area contributed by atoms with Crippen LogP contribution < -0.4 is 14.2 Å². The molecule has 0 radical (unpaired) electrons. The highest BCUT2D eigenvalue weighted by atomic mass is 16.5. The van der Waals surface area contributed by atoms with Gasteiger partial charge in [0.1, 0.15) is 5.82 Å². The Bertz CT molecular complexity index is 863. The highest BCUT2D eigenvalue weighted by Crippen LogP contribution is 2.40.